The predicted molar refractivity (Wildman–Crippen MR) is 80.9 cm³/mol. The molecule has 0 amide bonds. The minimum absolute atomic E-state index is 0.162. The van der Waals surface area contributed by atoms with Crippen LogP contribution in [-0.2, 0) is 19.1 Å². The summed E-state index contributed by atoms with van der Waals surface area (Å²) in [4.78, 5) is 22.4. The number of ether oxygens (including phenoxy) is 2. The summed E-state index contributed by atoms with van der Waals surface area (Å²) in [5.74, 6) is -0.843. The monoisotopic (exact) mass is 308 g/mol. The van der Waals surface area contributed by atoms with Crippen LogP contribution in [0.4, 0.5) is 0 Å². The highest BCUT2D eigenvalue weighted by Crippen LogP contribution is 2.43. The summed E-state index contributed by atoms with van der Waals surface area (Å²) in [5.41, 5.74) is 2.43. The summed E-state index contributed by atoms with van der Waals surface area (Å²) in [6, 6.07) is 0. The SMILES string of the molecule is C=C1C(=O)O[C@@H]2CC(C)=C([C@H](C)CCCOC(C)=O)[C@H](O)[C@@H]12. The van der Waals surface area contributed by atoms with Crippen molar-refractivity contribution >= 4 is 11.9 Å². The van der Waals surface area contributed by atoms with E-state index < -0.39 is 12.1 Å². The predicted octanol–water partition coefficient (Wildman–Crippen LogP) is 2.14. The number of rotatable bonds is 5. The molecule has 0 saturated carbocycles. The molecule has 2 aliphatic rings. The van der Waals surface area contributed by atoms with Crippen LogP contribution in [-0.4, -0.2) is 35.9 Å². The quantitative estimate of drug-likeness (QED) is 0.364. The van der Waals surface area contributed by atoms with Crippen molar-refractivity contribution in [1.82, 2.24) is 0 Å². The Morgan fingerprint density at radius 1 is 1.55 bits per heavy atom. The molecular formula is C17H24O5. The van der Waals surface area contributed by atoms with Gasteiger partial charge in [0.25, 0.3) is 0 Å². The summed E-state index contributed by atoms with van der Waals surface area (Å²) >= 11 is 0. The van der Waals surface area contributed by atoms with Gasteiger partial charge >= 0.3 is 11.9 Å². The molecule has 0 aromatic heterocycles. The number of carbonyl (C=O) groups is 2. The van der Waals surface area contributed by atoms with E-state index in [1.807, 2.05) is 6.92 Å². The third-order valence-electron chi connectivity index (χ3n) is 4.60. The van der Waals surface area contributed by atoms with Crippen molar-refractivity contribution in [3.8, 4) is 0 Å². The van der Waals surface area contributed by atoms with Crippen LogP contribution in [0.15, 0.2) is 23.3 Å². The highest BCUT2D eigenvalue weighted by Gasteiger charge is 2.47. The van der Waals surface area contributed by atoms with Gasteiger partial charge in [0.1, 0.15) is 6.10 Å². The average Bonchev–Trinajstić information content (AvgIpc) is 2.69. The van der Waals surface area contributed by atoms with E-state index in [2.05, 4.69) is 13.5 Å². The van der Waals surface area contributed by atoms with Crippen molar-refractivity contribution < 1.29 is 24.2 Å². The molecule has 4 atom stereocenters. The minimum Gasteiger partial charge on any atom is -0.466 e. The van der Waals surface area contributed by atoms with E-state index in [-0.39, 0.29) is 23.9 Å². The van der Waals surface area contributed by atoms with Crippen molar-refractivity contribution in [2.75, 3.05) is 6.61 Å². The Kier molecular flexibility index (Phi) is 5.06. The summed E-state index contributed by atoms with van der Waals surface area (Å²) < 4.78 is 10.2. The molecule has 1 aliphatic heterocycles. The van der Waals surface area contributed by atoms with Crippen molar-refractivity contribution in [2.45, 2.75) is 52.2 Å². The van der Waals surface area contributed by atoms with Crippen molar-refractivity contribution in [3.05, 3.63) is 23.3 Å². The molecule has 5 heteroatoms. The highest BCUT2D eigenvalue weighted by molar-refractivity contribution is 5.91. The fourth-order valence-corrected chi connectivity index (χ4v) is 3.55. The number of hydrogen-bond acceptors (Lipinski definition) is 5. The smallest absolute Gasteiger partial charge is 0.334 e. The molecule has 1 fully saturated rings. The normalized spacial score (nSPS) is 29.2. The maximum Gasteiger partial charge on any atom is 0.334 e. The molecule has 1 aliphatic carbocycles. The van der Waals surface area contributed by atoms with Crippen LogP contribution in [0.2, 0.25) is 0 Å². The second-order valence-electron chi connectivity index (χ2n) is 6.26. The largest absolute Gasteiger partial charge is 0.466 e. The lowest BCUT2D eigenvalue weighted by atomic mass is 9.73. The van der Waals surface area contributed by atoms with Crippen LogP contribution in [0.3, 0.4) is 0 Å². The van der Waals surface area contributed by atoms with Gasteiger partial charge in [-0.15, -0.1) is 0 Å². The summed E-state index contributed by atoms with van der Waals surface area (Å²) in [6.45, 7) is 9.58. The van der Waals surface area contributed by atoms with Gasteiger partial charge in [-0.1, -0.05) is 19.1 Å². The topological polar surface area (TPSA) is 72.8 Å². The summed E-state index contributed by atoms with van der Waals surface area (Å²) in [5, 5.41) is 10.7. The molecule has 0 aromatic carbocycles. The van der Waals surface area contributed by atoms with Gasteiger partial charge in [-0.2, -0.15) is 0 Å². The maximum atomic E-state index is 11.6. The van der Waals surface area contributed by atoms with E-state index in [0.717, 1.165) is 24.0 Å². The second-order valence-corrected chi connectivity index (χ2v) is 6.26. The Morgan fingerprint density at radius 2 is 2.23 bits per heavy atom. The van der Waals surface area contributed by atoms with Crippen molar-refractivity contribution in [1.29, 1.82) is 0 Å². The molecule has 5 nitrogen and oxygen atoms in total. The van der Waals surface area contributed by atoms with E-state index in [1.165, 1.54) is 6.92 Å². The molecule has 1 saturated heterocycles. The van der Waals surface area contributed by atoms with Crippen molar-refractivity contribution in [2.24, 2.45) is 11.8 Å². The first kappa shape index (κ1) is 16.7. The molecule has 1 N–H and O–H groups in total. The van der Waals surface area contributed by atoms with Crippen LogP contribution >= 0.6 is 0 Å². The zero-order valence-electron chi connectivity index (χ0n) is 13.4. The number of carbonyl (C=O) groups excluding carboxylic acids is 2. The Bertz CT molecular complexity index is 519. The Balaban J connectivity index is 2.03. The first-order valence-electron chi connectivity index (χ1n) is 7.73. The first-order valence-corrected chi connectivity index (χ1v) is 7.73. The van der Waals surface area contributed by atoms with Crippen molar-refractivity contribution in [3.63, 3.8) is 0 Å². The first-order chi connectivity index (χ1) is 10.3. The fourth-order valence-electron chi connectivity index (χ4n) is 3.55. The number of esters is 2. The molecular weight excluding hydrogens is 284 g/mol. The third kappa shape index (κ3) is 3.24. The molecule has 0 aromatic rings. The fraction of sp³-hybridized carbons (Fsp3) is 0.647. The average molecular weight is 308 g/mol. The van der Waals surface area contributed by atoms with E-state index in [4.69, 9.17) is 9.47 Å². The number of aliphatic hydroxyl groups excluding tert-OH is 1. The molecule has 2 rings (SSSR count). The Labute approximate surface area is 131 Å². The number of hydrogen-bond donors (Lipinski definition) is 1. The molecule has 0 radical (unpaired) electrons. The van der Waals surface area contributed by atoms with Gasteiger partial charge in [0.05, 0.1) is 18.6 Å². The van der Waals surface area contributed by atoms with Gasteiger partial charge in [0.2, 0.25) is 0 Å². The van der Waals surface area contributed by atoms with Crippen LogP contribution in [0, 0.1) is 11.8 Å². The Morgan fingerprint density at radius 3 is 2.86 bits per heavy atom. The lowest BCUT2D eigenvalue weighted by molar-refractivity contribution is -0.141. The zero-order chi connectivity index (χ0) is 16.4. The molecule has 122 valence electrons. The molecule has 0 unspecified atom stereocenters. The van der Waals surface area contributed by atoms with Crippen LogP contribution in [0.5, 0.6) is 0 Å². The van der Waals surface area contributed by atoms with E-state index in [0.29, 0.717) is 18.6 Å². The van der Waals surface area contributed by atoms with E-state index in [1.54, 1.807) is 0 Å². The van der Waals surface area contributed by atoms with Crippen LogP contribution < -0.4 is 0 Å². The molecule has 22 heavy (non-hydrogen) atoms. The van der Waals surface area contributed by atoms with Gasteiger partial charge in [-0.3, -0.25) is 4.79 Å². The minimum atomic E-state index is -0.721. The van der Waals surface area contributed by atoms with Crippen LogP contribution in [0.1, 0.15) is 40.0 Å². The van der Waals surface area contributed by atoms with Gasteiger partial charge in [-0.25, -0.2) is 4.79 Å². The van der Waals surface area contributed by atoms with E-state index >= 15 is 0 Å². The lowest BCUT2D eigenvalue weighted by Gasteiger charge is -2.35. The summed E-state index contributed by atoms with van der Waals surface area (Å²) in [7, 11) is 0. The summed E-state index contributed by atoms with van der Waals surface area (Å²) in [6.07, 6.45) is 1.20. The maximum absolute atomic E-state index is 11.6. The lowest BCUT2D eigenvalue weighted by Crippen LogP contribution is -2.37. The van der Waals surface area contributed by atoms with Gasteiger partial charge in [-0.05, 0) is 31.3 Å². The zero-order valence-corrected chi connectivity index (χ0v) is 13.4. The molecule has 1 heterocycles. The standard InChI is InChI=1S/C17H24O5/c1-9(6-5-7-21-12(4)18)14-10(2)8-13-15(16(14)19)11(3)17(20)22-13/h9,13,15-16,19H,3,5-8H2,1-2,4H3/t9-,13-,15+,16+/m1/s1. The number of aliphatic hydroxyl groups is 1. The van der Waals surface area contributed by atoms with Gasteiger partial charge in [0, 0.05) is 18.9 Å². The third-order valence-corrected chi connectivity index (χ3v) is 4.60. The molecule has 0 spiro atoms. The molecule has 0 bridgehead atoms. The van der Waals surface area contributed by atoms with E-state index in [9.17, 15) is 14.7 Å². The van der Waals surface area contributed by atoms with Gasteiger partial charge < -0.3 is 14.6 Å². The number of fused-ring (bicyclic) bond motifs is 1. The van der Waals surface area contributed by atoms with Gasteiger partial charge in [0.15, 0.2) is 0 Å². The Hall–Kier alpha value is -1.62. The second kappa shape index (κ2) is 6.65. The highest BCUT2D eigenvalue weighted by atomic mass is 16.6. The van der Waals surface area contributed by atoms with Crippen LogP contribution in [0.25, 0.3) is 0 Å².